The quantitative estimate of drug-likeness (QED) is 0.824. The number of aromatic nitrogens is 1. The van der Waals surface area contributed by atoms with Crippen molar-refractivity contribution in [2.45, 2.75) is 19.9 Å². The molecule has 1 aromatic heterocycles. The minimum absolute atomic E-state index is 0.0153. The first-order valence-electron chi connectivity index (χ1n) is 5.31. The summed E-state index contributed by atoms with van der Waals surface area (Å²) in [5, 5.41) is 3.73. The summed E-state index contributed by atoms with van der Waals surface area (Å²) >= 11 is 1.18. The Bertz CT molecular complexity index is 394. The van der Waals surface area contributed by atoms with Gasteiger partial charge in [-0.3, -0.25) is 4.79 Å². The Kier molecular flexibility index (Phi) is 4.56. The first-order chi connectivity index (χ1) is 8.01. The summed E-state index contributed by atoms with van der Waals surface area (Å²) in [5.74, 6) is 0.846. The number of amides is 1. The average Bonchev–Trinajstić information content (AvgIpc) is 2.67. The normalized spacial score (nSPS) is 12.0. The number of methoxy groups -OCH3 is 1. The molecule has 0 saturated carbocycles. The summed E-state index contributed by atoms with van der Waals surface area (Å²) in [6.45, 7) is 4.40. The fraction of sp³-hybridized carbons (Fsp3) is 0.600. The smallest absolute Gasteiger partial charge is 0.244 e. The van der Waals surface area contributed by atoms with Gasteiger partial charge < -0.3 is 20.7 Å². The third-order valence-corrected chi connectivity index (χ3v) is 3.22. The highest BCUT2D eigenvalue weighted by molar-refractivity contribution is 7.11. The van der Waals surface area contributed by atoms with E-state index >= 15 is 0 Å². The molecule has 0 spiro atoms. The highest BCUT2D eigenvalue weighted by Gasteiger charge is 2.20. The van der Waals surface area contributed by atoms with Gasteiger partial charge in [-0.05, 0) is 25.4 Å². The summed E-state index contributed by atoms with van der Waals surface area (Å²) in [4.78, 5) is 13.5. The predicted octanol–water partition coefficient (Wildman–Crippen LogP) is 1.01. The van der Waals surface area contributed by atoms with Gasteiger partial charge in [-0.1, -0.05) is 0 Å². The van der Waals surface area contributed by atoms with E-state index in [1.807, 2.05) is 6.92 Å². The summed E-state index contributed by atoms with van der Waals surface area (Å²) in [6, 6.07) is -0.339. The Morgan fingerprint density at radius 3 is 2.88 bits per heavy atom. The van der Waals surface area contributed by atoms with Crippen LogP contribution in [0.25, 0.3) is 0 Å². The lowest BCUT2D eigenvalue weighted by atomic mass is 10.3. The van der Waals surface area contributed by atoms with Crippen LogP contribution in [0.1, 0.15) is 13.8 Å². The minimum atomic E-state index is -0.339. The Morgan fingerprint density at radius 2 is 2.35 bits per heavy atom. The second-order valence-electron chi connectivity index (χ2n) is 3.65. The molecule has 1 rings (SSSR count). The summed E-state index contributed by atoms with van der Waals surface area (Å²) in [6.07, 6.45) is 0. The highest BCUT2D eigenvalue weighted by Crippen LogP contribution is 2.35. The number of rotatable bonds is 5. The van der Waals surface area contributed by atoms with Gasteiger partial charge in [-0.15, -0.1) is 0 Å². The van der Waals surface area contributed by atoms with E-state index in [9.17, 15) is 4.79 Å². The molecular weight excluding hydrogens is 240 g/mol. The number of nitrogen functional groups attached to an aromatic ring is 1. The molecule has 1 amide bonds. The zero-order chi connectivity index (χ0) is 13.0. The van der Waals surface area contributed by atoms with Gasteiger partial charge in [0.1, 0.15) is 6.04 Å². The standard InChI is InChI=1S/C10H18N4O2S/c1-5-14(3)10(15)6(2)12-9-7(16-4)8(11)13-17-9/h6,12H,5H2,1-4H3,(H2,11,13). The second kappa shape index (κ2) is 5.72. The number of carbonyl (C=O) groups is 1. The maximum Gasteiger partial charge on any atom is 0.244 e. The van der Waals surface area contributed by atoms with Crippen molar-refractivity contribution >= 4 is 28.3 Å². The monoisotopic (exact) mass is 258 g/mol. The number of hydrogen-bond donors (Lipinski definition) is 2. The maximum atomic E-state index is 11.9. The van der Waals surface area contributed by atoms with Crippen LogP contribution in [0.2, 0.25) is 0 Å². The zero-order valence-electron chi connectivity index (χ0n) is 10.5. The molecule has 0 aliphatic heterocycles. The summed E-state index contributed by atoms with van der Waals surface area (Å²) < 4.78 is 9.09. The lowest BCUT2D eigenvalue weighted by Gasteiger charge is -2.20. The van der Waals surface area contributed by atoms with Crippen LogP contribution < -0.4 is 15.8 Å². The molecule has 0 radical (unpaired) electrons. The van der Waals surface area contributed by atoms with E-state index in [4.69, 9.17) is 10.5 Å². The fourth-order valence-electron chi connectivity index (χ4n) is 1.33. The van der Waals surface area contributed by atoms with Crippen LogP contribution in [0.3, 0.4) is 0 Å². The Morgan fingerprint density at radius 1 is 1.71 bits per heavy atom. The number of nitrogens with two attached hydrogens (primary N) is 1. The molecule has 96 valence electrons. The van der Waals surface area contributed by atoms with Crippen LogP contribution >= 0.6 is 11.5 Å². The van der Waals surface area contributed by atoms with E-state index in [-0.39, 0.29) is 11.9 Å². The van der Waals surface area contributed by atoms with Crippen LogP contribution in [-0.4, -0.2) is 41.9 Å². The number of anilines is 2. The topological polar surface area (TPSA) is 80.5 Å². The third-order valence-electron chi connectivity index (χ3n) is 2.45. The highest BCUT2D eigenvalue weighted by atomic mass is 32.1. The molecule has 17 heavy (non-hydrogen) atoms. The maximum absolute atomic E-state index is 11.9. The summed E-state index contributed by atoms with van der Waals surface area (Å²) in [5.41, 5.74) is 5.63. The molecule has 1 heterocycles. The van der Waals surface area contributed by atoms with E-state index in [1.165, 1.54) is 18.6 Å². The van der Waals surface area contributed by atoms with Crippen molar-refractivity contribution < 1.29 is 9.53 Å². The first-order valence-corrected chi connectivity index (χ1v) is 6.09. The van der Waals surface area contributed by atoms with Crippen molar-refractivity contribution in [1.29, 1.82) is 0 Å². The van der Waals surface area contributed by atoms with Crippen LogP contribution in [0.4, 0.5) is 10.8 Å². The van der Waals surface area contributed by atoms with Gasteiger partial charge in [0.15, 0.2) is 16.6 Å². The van der Waals surface area contributed by atoms with Gasteiger partial charge in [0.25, 0.3) is 0 Å². The van der Waals surface area contributed by atoms with Crippen LogP contribution in [-0.2, 0) is 4.79 Å². The van der Waals surface area contributed by atoms with Crippen molar-refractivity contribution in [1.82, 2.24) is 9.27 Å². The van der Waals surface area contributed by atoms with Crippen molar-refractivity contribution in [2.75, 3.05) is 31.8 Å². The Labute approximate surface area is 105 Å². The van der Waals surface area contributed by atoms with E-state index in [0.717, 1.165) is 0 Å². The van der Waals surface area contributed by atoms with Crippen molar-refractivity contribution in [3.8, 4) is 5.75 Å². The molecule has 3 N–H and O–H groups in total. The summed E-state index contributed by atoms with van der Waals surface area (Å²) in [7, 11) is 3.29. The van der Waals surface area contributed by atoms with Crippen LogP contribution in [0.15, 0.2) is 0 Å². The first kappa shape index (κ1) is 13.6. The molecule has 0 aromatic carbocycles. The van der Waals surface area contributed by atoms with E-state index in [1.54, 1.807) is 18.9 Å². The van der Waals surface area contributed by atoms with E-state index in [2.05, 4.69) is 9.69 Å². The molecule has 0 saturated heterocycles. The average molecular weight is 258 g/mol. The minimum Gasteiger partial charge on any atom is -0.490 e. The number of carbonyl (C=O) groups excluding carboxylic acids is 1. The lowest BCUT2D eigenvalue weighted by Crippen LogP contribution is -2.38. The second-order valence-corrected chi connectivity index (χ2v) is 4.42. The number of nitrogens with one attached hydrogen (secondary N) is 1. The van der Waals surface area contributed by atoms with Gasteiger partial charge in [0, 0.05) is 13.6 Å². The van der Waals surface area contributed by atoms with Gasteiger partial charge in [0.2, 0.25) is 5.91 Å². The number of likely N-dealkylation sites (N-methyl/N-ethyl adjacent to an activating group) is 1. The largest absolute Gasteiger partial charge is 0.490 e. The molecule has 0 fully saturated rings. The van der Waals surface area contributed by atoms with Gasteiger partial charge >= 0.3 is 0 Å². The predicted molar refractivity (Wildman–Crippen MR) is 69.5 cm³/mol. The van der Waals surface area contributed by atoms with Crippen molar-refractivity contribution in [3.63, 3.8) is 0 Å². The molecule has 1 atom stereocenters. The zero-order valence-corrected chi connectivity index (χ0v) is 11.3. The molecule has 7 heteroatoms. The number of hydrogen-bond acceptors (Lipinski definition) is 6. The molecule has 1 aromatic rings. The Hall–Kier alpha value is -1.50. The fourth-order valence-corrected chi connectivity index (χ4v) is 2.10. The SMILES string of the molecule is CCN(C)C(=O)C(C)Nc1snc(N)c1OC. The lowest BCUT2D eigenvalue weighted by molar-refractivity contribution is -0.130. The Balaban J connectivity index is 2.74. The van der Waals surface area contributed by atoms with Gasteiger partial charge in [0.05, 0.1) is 7.11 Å². The van der Waals surface area contributed by atoms with E-state index in [0.29, 0.717) is 23.1 Å². The van der Waals surface area contributed by atoms with Crippen molar-refractivity contribution in [3.05, 3.63) is 0 Å². The van der Waals surface area contributed by atoms with Crippen LogP contribution in [0, 0.1) is 0 Å². The molecule has 1 unspecified atom stereocenters. The molecular formula is C10H18N4O2S. The molecule has 0 aliphatic rings. The molecule has 0 bridgehead atoms. The van der Waals surface area contributed by atoms with Crippen molar-refractivity contribution in [2.24, 2.45) is 0 Å². The van der Waals surface area contributed by atoms with E-state index < -0.39 is 0 Å². The van der Waals surface area contributed by atoms with Gasteiger partial charge in [-0.2, -0.15) is 4.37 Å². The third kappa shape index (κ3) is 3.00. The van der Waals surface area contributed by atoms with Gasteiger partial charge in [-0.25, -0.2) is 0 Å². The molecule has 6 nitrogen and oxygen atoms in total. The number of nitrogens with zero attached hydrogens (tertiary/aromatic N) is 2. The molecule has 0 aliphatic carbocycles. The van der Waals surface area contributed by atoms with Crippen LogP contribution in [0.5, 0.6) is 5.75 Å². The number of ether oxygens (including phenoxy) is 1.